The van der Waals surface area contributed by atoms with E-state index in [1.807, 2.05) is 0 Å². The van der Waals surface area contributed by atoms with Gasteiger partial charge in [-0.05, 0) is 25.7 Å². The number of carbonyl (C=O) groups is 1. The Labute approximate surface area is 95.0 Å². The topological polar surface area (TPSA) is 57.9 Å². The van der Waals surface area contributed by atoms with Gasteiger partial charge in [0.15, 0.2) is 5.69 Å². The third-order valence-corrected chi connectivity index (χ3v) is 2.80. The molecule has 1 heterocycles. The van der Waals surface area contributed by atoms with Crippen LogP contribution in [0, 0.1) is 0 Å². The standard InChI is InChI=1S/C10H11F3N2O2/c11-10(12,13)9-6-3-1-2-4-7(6)15(14-9)5-8(16)17/h1-5H2,(H,16,17)/p-1. The molecule has 2 rings (SSSR count). The summed E-state index contributed by atoms with van der Waals surface area (Å²) in [4.78, 5) is 10.5. The molecule has 94 valence electrons. The molecule has 1 aromatic heterocycles. The fourth-order valence-corrected chi connectivity index (χ4v) is 2.15. The molecule has 0 bridgehead atoms. The molecule has 0 radical (unpaired) electrons. The first-order chi connectivity index (χ1) is 7.89. The molecule has 0 aromatic carbocycles. The van der Waals surface area contributed by atoms with Crippen LogP contribution in [0.1, 0.15) is 29.8 Å². The molecule has 0 aliphatic heterocycles. The zero-order valence-corrected chi connectivity index (χ0v) is 8.88. The van der Waals surface area contributed by atoms with E-state index in [4.69, 9.17) is 0 Å². The van der Waals surface area contributed by atoms with Crippen LogP contribution in [0.3, 0.4) is 0 Å². The van der Waals surface area contributed by atoms with Gasteiger partial charge in [-0.25, -0.2) is 0 Å². The second-order valence-electron chi connectivity index (χ2n) is 4.01. The number of fused-ring (bicyclic) bond motifs is 1. The van der Waals surface area contributed by atoms with Crippen LogP contribution < -0.4 is 5.11 Å². The summed E-state index contributed by atoms with van der Waals surface area (Å²) in [5.74, 6) is -1.44. The first-order valence-corrected chi connectivity index (χ1v) is 5.25. The number of rotatable bonds is 2. The van der Waals surface area contributed by atoms with Crippen molar-refractivity contribution < 1.29 is 23.1 Å². The summed E-state index contributed by atoms with van der Waals surface area (Å²) in [6, 6.07) is 0. The second kappa shape index (κ2) is 4.05. The van der Waals surface area contributed by atoms with Gasteiger partial charge in [-0.2, -0.15) is 18.3 Å². The van der Waals surface area contributed by atoms with Gasteiger partial charge in [-0.1, -0.05) is 0 Å². The number of alkyl halides is 3. The lowest BCUT2D eigenvalue weighted by Crippen LogP contribution is -2.29. The van der Waals surface area contributed by atoms with Gasteiger partial charge >= 0.3 is 6.18 Å². The number of aliphatic carboxylic acids is 1. The summed E-state index contributed by atoms with van der Waals surface area (Å²) in [6.45, 7) is -0.627. The number of aromatic nitrogens is 2. The van der Waals surface area contributed by atoms with E-state index in [1.165, 1.54) is 0 Å². The van der Waals surface area contributed by atoms with Crippen LogP contribution in [-0.4, -0.2) is 15.7 Å². The van der Waals surface area contributed by atoms with Crippen molar-refractivity contribution >= 4 is 5.97 Å². The van der Waals surface area contributed by atoms with Crippen LogP contribution in [0.25, 0.3) is 0 Å². The van der Waals surface area contributed by atoms with Gasteiger partial charge in [0.1, 0.15) is 0 Å². The highest BCUT2D eigenvalue weighted by molar-refractivity contribution is 5.64. The Kier molecular flexibility index (Phi) is 2.84. The quantitative estimate of drug-likeness (QED) is 0.766. The first-order valence-electron chi connectivity index (χ1n) is 5.25. The highest BCUT2D eigenvalue weighted by Crippen LogP contribution is 2.35. The Balaban J connectivity index is 2.47. The van der Waals surface area contributed by atoms with E-state index >= 15 is 0 Å². The normalized spacial score (nSPS) is 15.7. The molecule has 1 aliphatic carbocycles. The van der Waals surface area contributed by atoms with Crippen LogP contribution >= 0.6 is 0 Å². The summed E-state index contributed by atoms with van der Waals surface area (Å²) >= 11 is 0. The maximum atomic E-state index is 12.7. The van der Waals surface area contributed by atoms with Crippen molar-refractivity contribution in [3.05, 3.63) is 17.0 Å². The third kappa shape index (κ3) is 2.27. The molecular formula is C10H10F3N2O2-. The maximum Gasteiger partial charge on any atom is 0.435 e. The smallest absolute Gasteiger partial charge is 0.435 e. The van der Waals surface area contributed by atoms with E-state index in [-0.39, 0.29) is 5.56 Å². The van der Waals surface area contributed by atoms with E-state index in [2.05, 4.69) is 5.10 Å². The van der Waals surface area contributed by atoms with Gasteiger partial charge in [-0.3, -0.25) is 4.68 Å². The van der Waals surface area contributed by atoms with E-state index < -0.39 is 24.4 Å². The maximum absolute atomic E-state index is 12.7. The predicted octanol–water partition coefficient (Wildman–Crippen LogP) is 0.531. The molecule has 4 nitrogen and oxygen atoms in total. The largest absolute Gasteiger partial charge is 0.548 e. The average molecular weight is 247 g/mol. The fourth-order valence-electron chi connectivity index (χ4n) is 2.15. The summed E-state index contributed by atoms with van der Waals surface area (Å²) in [5.41, 5.74) is -0.425. The van der Waals surface area contributed by atoms with Gasteiger partial charge in [0.2, 0.25) is 0 Å². The fraction of sp³-hybridized carbons (Fsp3) is 0.600. The average Bonchev–Trinajstić information content (AvgIpc) is 2.56. The Bertz CT molecular complexity index is 451. The van der Waals surface area contributed by atoms with Gasteiger partial charge in [0, 0.05) is 11.3 Å². The molecular weight excluding hydrogens is 237 g/mol. The third-order valence-electron chi connectivity index (χ3n) is 2.80. The Morgan fingerprint density at radius 3 is 2.59 bits per heavy atom. The van der Waals surface area contributed by atoms with Crippen LogP contribution in [0.15, 0.2) is 0 Å². The number of carboxylic acid groups (broad SMARTS) is 1. The lowest BCUT2D eigenvalue weighted by molar-refractivity contribution is -0.306. The first kappa shape index (κ1) is 11.9. The minimum absolute atomic E-state index is 0.144. The Hall–Kier alpha value is -1.53. The minimum Gasteiger partial charge on any atom is -0.548 e. The van der Waals surface area contributed by atoms with Crippen molar-refractivity contribution in [3.8, 4) is 0 Å². The molecule has 0 amide bonds. The highest BCUT2D eigenvalue weighted by Gasteiger charge is 2.39. The molecule has 0 atom stereocenters. The summed E-state index contributed by atoms with van der Waals surface area (Å²) in [6.07, 6.45) is -2.36. The molecule has 1 aliphatic rings. The zero-order chi connectivity index (χ0) is 12.6. The van der Waals surface area contributed by atoms with Crippen molar-refractivity contribution in [2.45, 2.75) is 38.4 Å². The molecule has 7 heteroatoms. The Morgan fingerprint density at radius 2 is 2.00 bits per heavy atom. The summed E-state index contributed by atoms with van der Waals surface area (Å²) < 4.78 is 39.0. The van der Waals surface area contributed by atoms with Crippen molar-refractivity contribution in [1.29, 1.82) is 0 Å². The van der Waals surface area contributed by atoms with Crippen molar-refractivity contribution in [1.82, 2.24) is 9.78 Å². The molecule has 0 N–H and O–H groups in total. The highest BCUT2D eigenvalue weighted by atomic mass is 19.4. The van der Waals surface area contributed by atoms with E-state index in [9.17, 15) is 23.1 Å². The molecule has 1 aromatic rings. The van der Waals surface area contributed by atoms with Crippen molar-refractivity contribution in [2.75, 3.05) is 0 Å². The minimum atomic E-state index is -4.53. The van der Waals surface area contributed by atoms with Gasteiger partial charge in [-0.15, -0.1) is 0 Å². The number of hydrogen-bond acceptors (Lipinski definition) is 3. The van der Waals surface area contributed by atoms with Gasteiger partial charge in [0.05, 0.1) is 12.5 Å². The summed E-state index contributed by atoms with van der Waals surface area (Å²) in [5, 5.41) is 13.8. The number of nitrogens with zero attached hydrogens (tertiary/aromatic N) is 2. The van der Waals surface area contributed by atoms with Crippen LogP contribution in [0.5, 0.6) is 0 Å². The van der Waals surface area contributed by atoms with Crippen LogP contribution in [0.4, 0.5) is 13.2 Å². The monoisotopic (exact) mass is 247 g/mol. The molecule has 17 heavy (non-hydrogen) atoms. The van der Waals surface area contributed by atoms with Gasteiger partial charge < -0.3 is 9.90 Å². The second-order valence-corrected chi connectivity index (χ2v) is 4.01. The number of carbonyl (C=O) groups excluding carboxylic acids is 1. The lowest BCUT2D eigenvalue weighted by atomic mass is 9.95. The SMILES string of the molecule is O=C([O-])Cn1nc(C(F)(F)F)c2c1CCCC2. The van der Waals surface area contributed by atoms with E-state index in [0.717, 1.165) is 11.1 Å². The van der Waals surface area contributed by atoms with Crippen molar-refractivity contribution in [3.63, 3.8) is 0 Å². The zero-order valence-electron chi connectivity index (χ0n) is 8.88. The van der Waals surface area contributed by atoms with Gasteiger partial charge in [0.25, 0.3) is 0 Å². The van der Waals surface area contributed by atoms with Crippen molar-refractivity contribution in [2.24, 2.45) is 0 Å². The number of hydrogen-bond donors (Lipinski definition) is 0. The Morgan fingerprint density at radius 1 is 1.35 bits per heavy atom. The van der Waals surface area contributed by atoms with E-state index in [1.54, 1.807) is 0 Å². The molecule has 0 saturated carbocycles. The molecule has 0 fully saturated rings. The molecule has 0 saturated heterocycles. The van der Waals surface area contributed by atoms with Crippen LogP contribution in [-0.2, 0) is 30.4 Å². The summed E-state index contributed by atoms with van der Waals surface area (Å²) in [7, 11) is 0. The van der Waals surface area contributed by atoms with Crippen LogP contribution in [0.2, 0.25) is 0 Å². The number of halogens is 3. The van der Waals surface area contributed by atoms with E-state index in [0.29, 0.717) is 25.0 Å². The molecule has 0 spiro atoms. The lowest BCUT2D eigenvalue weighted by Gasteiger charge is -2.14. The molecule has 0 unspecified atom stereocenters. The predicted molar refractivity (Wildman–Crippen MR) is 48.9 cm³/mol. The number of carboxylic acids is 1.